The van der Waals surface area contributed by atoms with Gasteiger partial charge in [0.25, 0.3) is 5.91 Å². The molecule has 9 heteroatoms. The molecule has 8 nitrogen and oxygen atoms in total. The van der Waals surface area contributed by atoms with Crippen LogP contribution in [-0.4, -0.2) is 36.3 Å². The minimum absolute atomic E-state index is 0.0286. The third-order valence-electron chi connectivity index (χ3n) is 3.87. The van der Waals surface area contributed by atoms with Gasteiger partial charge in [0.1, 0.15) is 30.3 Å². The highest BCUT2D eigenvalue weighted by Crippen LogP contribution is 2.20. The van der Waals surface area contributed by atoms with Crippen LogP contribution >= 0.6 is 0 Å². The Morgan fingerprint density at radius 2 is 1.83 bits per heavy atom. The van der Waals surface area contributed by atoms with Crippen molar-refractivity contribution in [3.63, 3.8) is 0 Å². The van der Waals surface area contributed by atoms with E-state index < -0.39 is 29.9 Å². The SMILES string of the molecule is COC(=O)c1cc(NC(=O)C(C)(O)COc2ccc(C#N)c(F)c2)ccc1C#N. The Bertz CT molecular complexity index is 1040. The Kier molecular flexibility index (Phi) is 6.50. The molecule has 1 amide bonds. The summed E-state index contributed by atoms with van der Waals surface area (Å²) in [6.45, 7) is 0.678. The van der Waals surface area contributed by atoms with E-state index in [2.05, 4.69) is 10.1 Å². The summed E-state index contributed by atoms with van der Waals surface area (Å²) in [7, 11) is 1.16. The van der Waals surface area contributed by atoms with Gasteiger partial charge in [0.15, 0.2) is 5.60 Å². The second-order valence-corrected chi connectivity index (χ2v) is 6.13. The van der Waals surface area contributed by atoms with Gasteiger partial charge >= 0.3 is 5.97 Å². The maximum Gasteiger partial charge on any atom is 0.339 e. The third-order valence-corrected chi connectivity index (χ3v) is 3.87. The molecule has 1 unspecified atom stereocenters. The molecule has 29 heavy (non-hydrogen) atoms. The van der Waals surface area contributed by atoms with Crippen molar-refractivity contribution < 1.29 is 28.6 Å². The average Bonchev–Trinajstić information content (AvgIpc) is 2.71. The molecule has 2 aromatic carbocycles. The average molecular weight is 397 g/mol. The molecule has 2 N–H and O–H groups in total. The minimum Gasteiger partial charge on any atom is -0.490 e. The number of hydrogen-bond donors (Lipinski definition) is 2. The van der Waals surface area contributed by atoms with Crippen LogP contribution in [0.3, 0.4) is 0 Å². The number of amides is 1. The van der Waals surface area contributed by atoms with Gasteiger partial charge in [-0.2, -0.15) is 10.5 Å². The first-order chi connectivity index (χ1) is 13.7. The predicted octanol–water partition coefficient (Wildman–Crippen LogP) is 2.12. The Morgan fingerprint density at radius 3 is 2.41 bits per heavy atom. The number of methoxy groups -OCH3 is 1. The monoisotopic (exact) mass is 397 g/mol. The second-order valence-electron chi connectivity index (χ2n) is 6.13. The molecular formula is C20H16FN3O5. The summed E-state index contributed by atoms with van der Waals surface area (Å²) in [6, 6.07) is 11.0. The number of esters is 1. The van der Waals surface area contributed by atoms with Crippen LogP contribution in [-0.2, 0) is 9.53 Å². The van der Waals surface area contributed by atoms with Gasteiger partial charge in [-0.3, -0.25) is 4.79 Å². The topological polar surface area (TPSA) is 132 Å². The van der Waals surface area contributed by atoms with E-state index in [0.717, 1.165) is 13.2 Å². The lowest BCUT2D eigenvalue weighted by Crippen LogP contribution is -2.45. The van der Waals surface area contributed by atoms with Crippen LogP contribution in [0.5, 0.6) is 5.75 Å². The number of carbonyl (C=O) groups excluding carboxylic acids is 2. The first-order valence-corrected chi connectivity index (χ1v) is 8.20. The number of anilines is 1. The first-order valence-electron chi connectivity index (χ1n) is 8.20. The summed E-state index contributed by atoms with van der Waals surface area (Å²) in [5, 5.41) is 30.6. The van der Waals surface area contributed by atoms with E-state index in [1.807, 2.05) is 6.07 Å². The molecule has 0 aliphatic rings. The lowest BCUT2D eigenvalue weighted by atomic mass is 10.1. The van der Waals surface area contributed by atoms with Gasteiger partial charge in [0.05, 0.1) is 23.8 Å². The molecule has 2 aromatic rings. The summed E-state index contributed by atoms with van der Waals surface area (Å²) in [4.78, 5) is 24.1. The van der Waals surface area contributed by atoms with Crippen LogP contribution in [0.15, 0.2) is 36.4 Å². The maximum absolute atomic E-state index is 13.6. The van der Waals surface area contributed by atoms with Gasteiger partial charge in [0, 0.05) is 11.8 Å². The normalized spacial score (nSPS) is 12.1. The largest absolute Gasteiger partial charge is 0.490 e. The minimum atomic E-state index is -2.01. The summed E-state index contributed by atoms with van der Waals surface area (Å²) < 4.78 is 23.5. The van der Waals surface area contributed by atoms with Crippen LogP contribution in [0.1, 0.15) is 28.4 Å². The van der Waals surface area contributed by atoms with E-state index >= 15 is 0 Å². The van der Waals surface area contributed by atoms with Gasteiger partial charge < -0.3 is 19.9 Å². The molecule has 0 fully saturated rings. The lowest BCUT2D eigenvalue weighted by molar-refractivity contribution is -0.135. The van der Waals surface area contributed by atoms with E-state index in [-0.39, 0.29) is 28.1 Å². The smallest absolute Gasteiger partial charge is 0.339 e. The standard InChI is InChI=1S/C20H16FN3O5/c1-20(27,11-29-15-6-4-13(10-23)17(21)8-15)19(26)24-14-5-3-12(9-22)16(7-14)18(25)28-2/h3-8,27H,11H2,1-2H3,(H,24,26). The van der Waals surface area contributed by atoms with Crippen molar-refractivity contribution in [2.45, 2.75) is 12.5 Å². The highest BCUT2D eigenvalue weighted by Gasteiger charge is 2.32. The molecule has 1 atom stereocenters. The number of hydrogen-bond acceptors (Lipinski definition) is 7. The van der Waals surface area contributed by atoms with Gasteiger partial charge in [-0.25, -0.2) is 9.18 Å². The van der Waals surface area contributed by atoms with Crippen molar-refractivity contribution in [2.75, 3.05) is 19.0 Å². The molecule has 0 bridgehead atoms. The molecule has 0 aliphatic carbocycles. The van der Waals surface area contributed by atoms with Crippen molar-refractivity contribution in [3.8, 4) is 17.9 Å². The summed E-state index contributed by atoms with van der Waals surface area (Å²) in [5.74, 6) is -2.37. The predicted molar refractivity (Wildman–Crippen MR) is 98.4 cm³/mol. The molecule has 0 aromatic heterocycles. The van der Waals surface area contributed by atoms with E-state index in [0.29, 0.717) is 0 Å². The van der Waals surface area contributed by atoms with Crippen molar-refractivity contribution in [1.29, 1.82) is 10.5 Å². The quantitative estimate of drug-likeness (QED) is 0.714. The van der Waals surface area contributed by atoms with Gasteiger partial charge in [-0.1, -0.05) is 0 Å². The van der Waals surface area contributed by atoms with Gasteiger partial charge in [-0.05, 0) is 37.3 Å². The Balaban J connectivity index is 2.11. The Hall–Kier alpha value is -3.95. The fraction of sp³-hybridized carbons (Fsp3) is 0.200. The van der Waals surface area contributed by atoms with E-state index in [1.54, 1.807) is 6.07 Å². The highest BCUT2D eigenvalue weighted by molar-refractivity contribution is 5.99. The molecule has 0 aliphatic heterocycles. The fourth-order valence-electron chi connectivity index (χ4n) is 2.23. The third kappa shape index (κ3) is 5.06. The zero-order valence-electron chi connectivity index (χ0n) is 15.5. The molecule has 148 valence electrons. The van der Waals surface area contributed by atoms with Crippen LogP contribution in [0.2, 0.25) is 0 Å². The van der Waals surface area contributed by atoms with Gasteiger partial charge in [0.2, 0.25) is 0 Å². The number of benzene rings is 2. The number of ether oxygens (including phenoxy) is 2. The molecule has 0 saturated carbocycles. The van der Waals surface area contributed by atoms with Gasteiger partial charge in [-0.15, -0.1) is 0 Å². The number of nitrogens with one attached hydrogen (secondary N) is 1. The Morgan fingerprint density at radius 1 is 1.17 bits per heavy atom. The van der Waals surface area contributed by atoms with Crippen molar-refractivity contribution >= 4 is 17.6 Å². The number of aliphatic hydroxyl groups is 1. The summed E-state index contributed by atoms with van der Waals surface area (Å²) in [6.07, 6.45) is 0. The molecule has 2 rings (SSSR count). The van der Waals surface area contributed by atoms with E-state index in [9.17, 15) is 19.1 Å². The van der Waals surface area contributed by atoms with E-state index in [4.69, 9.17) is 15.3 Å². The fourth-order valence-corrected chi connectivity index (χ4v) is 2.23. The number of halogens is 1. The lowest BCUT2D eigenvalue weighted by Gasteiger charge is -2.22. The molecule has 0 saturated heterocycles. The van der Waals surface area contributed by atoms with Crippen LogP contribution in [0, 0.1) is 28.5 Å². The number of carbonyl (C=O) groups is 2. The Labute approximate surface area is 165 Å². The molecule has 0 radical (unpaired) electrons. The van der Waals surface area contributed by atoms with Crippen LogP contribution in [0.4, 0.5) is 10.1 Å². The van der Waals surface area contributed by atoms with E-state index in [1.165, 1.54) is 37.3 Å². The second kappa shape index (κ2) is 8.83. The van der Waals surface area contributed by atoms with Crippen molar-refractivity contribution in [2.24, 2.45) is 0 Å². The number of nitrogens with zero attached hydrogens (tertiary/aromatic N) is 2. The zero-order chi connectivity index (χ0) is 21.6. The maximum atomic E-state index is 13.6. The molecular weight excluding hydrogens is 381 g/mol. The molecule has 0 heterocycles. The zero-order valence-corrected chi connectivity index (χ0v) is 15.5. The van der Waals surface area contributed by atoms with Crippen molar-refractivity contribution in [3.05, 3.63) is 58.9 Å². The number of nitriles is 2. The van der Waals surface area contributed by atoms with Crippen LogP contribution in [0.25, 0.3) is 0 Å². The number of rotatable bonds is 6. The van der Waals surface area contributed by atoms with Crippen molar-refractivity contribution in [1.82, 2.24) is 0 Å². The first kappa shape index (κ1) is 21.4. The van der Waals surface area contributed by atoms with Crippen LogP contribution < -0.4 is 10.1 Å². The summed E-state index contributed by atoms with van der Waals surface area (Å²) in [5.41, 5.74) is -2.00. The highest BCUT2D eigenvalue weighted by atomic mass is 19.1. The molecule has 0 spiro atoms. The summed E-state index contributed by atoms with van der Waals surface area (Å²) >= 11 is 0.